The van der Waals surface area contributed by atoms with Crippen LogP contribution in [-0.4, -0.2) is 21.7 Å². The average molecular weight is 290 g/mol. The van der Waals surface area contributed by atoms with Gasteiger partial charge in [-0.3, -0.25) is 4.79 Å². The second-order valence-electron chi connectivity index (χ2n) is 4.38. The molecular weight excluding hydrogens is 272 g/mol. The topological polar surface area (TPSA) is 72.9 Å². The van der Waals surface area contributed by atoms with E-state index in [-0.39, 0.29) is 5.91 Å². The third-order valence-electron chi connectivity index (χ3n) is 3.11. The number of amides is 1. The largest absolute Gasteiger partial charge is 0.346 e. The maximum absolute atomic E-state index is 12.0. The molecule has 3 N–H and O–H groups in total. The molecule has 0 radical (unpaired) electrons. The predicted octanol–water partition coefficient (Wildman–Crippen LogP) is 1.53. The van der Waals surface area contributed by atoms with Gasteiger partial charge in [-0.2, -0.15) is 0 Å². The summed E-state index contributed by atoms with van der Waals surface area (Å²) in [6.45, 7) is 0.940. The summed E-state index contributed by atoms with van der Waals surface area (Å²) < 4.78 is 1.97. The zero-order valence-electron chi connectivity index (χ0n) is 11.6. The van der Waals surface area contributed by atoms with Crippen LogP contribution < -0.4 is 11.1 Å². The number of benzene rings is 1. The summed E-state index contributed by atoms with van der Waals surface area (Å²) >= 11 is 1.58. The lowest BCUT2D eigenvalue weighted by atomic mass is 10.1. The van der Waals surface area contributed by atoms with Gasteiger partial charge in [0.05, 0.1) is 18.4 Å². The van der Waals surface area contributed by atoms with Crippen molar-refractivity contribution >= 4 is 17.7 Å². The van der Waals surface area contributed by atoms with Crippen LogP contribution in [0.25, 0.3) is 0 Å². The number of hydrogen-bond donors (Lipinski definition) is 2. The van der Waals surface area contributed by atoms with Crippen LogP contribution in [-0.2, 0) is 20.1 Å². The van der Waals surface area contributed by atoms with Crippen molar-refractivity contribution in [2.24, 2.45) is 12.8 Å². The molecular formula is C14H18N4OS. The Morgan fingerprint density at radius 2 is 2.10 bits per heavy atom. The van der Waals surface area contributed by atoms with Crippen molar-refractivity contribution in [1.29, 1.82) is 0 Å². The Morgan fingerprint density at radius 1 is 1.40 bits per heavy atom. The van der Waals surface area contributed by atoms with E-state index in [2.05, 4.69) is 10.3 Å². The molecule has 0 saturated carbocycles. The lowest BCUT2D eigenvalue weighted by molar-refractivity contribution is 0.0950. The molecule has 0 bridgehead atoms. The normalized spacial score (nSPS) is 10.6. The number of imidazole rings is 1. The van der Waals surface area contributed by atoms with Crippen molar-refractivity contribution in [3.8, 4) is 0 Å². The molecule has 20 heavy (non-hydrogen) atoms. The van der Waals surface area contributed by atoms with Crippen molar-refractivity contribution in [3.63, 3.8) is 0 Å². The van der Waals surface area contributed by atoms with Gasteiger partial charge in [0.2, 0.25) is 0 Å². The average Bonchev–Trinajstić information content (AvgIpc) is 2.85. The molecule has 106 valence electrons. The maximum Gasteiger partial charge on any atom is 0.251 e. The van der Waals surface area contributed by atoms with Crippen LogP contribution in [0.15, 0.2) is 35.6 Å². The number of aromatic nitrogens is 2. The van der Waals surface area contributed by atoms with E-state index in [9.17, 15) is 4.79 Å². The molecule has 1 amide bonds. The highest BCUT2D eigenvalue weighted by atomic mass is 32.2. The number of carbonyl (C=O) groups is 1. The number of rotatable bonds is 5. The lowest BCUT2D eigenvalue weighted by Crippen LogP contribution is -2.24. The highest BCUT2D eigenvalue weighted by Gasteiger charge is 2.08. The summed E-state index contributed by atoms with van der Waals surface area (Å²) in [6, 6.07) is 7.30. The first-order valence-electron chi connectivity index (χ1n) is 6.27. The van der Waals surface area contributed by atoms with E-state index in [0.29, 0.717) is 18.7 Å². The van der Waals surface area contributed by atoms with E-state index in [0.717, 1.165) is 16.4 Å². The molecule has 2 rings (SSSR count). The number of nitrogens with one attached hydrogen (secondary N) is 1. The first kappa shape index (κ1) is 14.6. The number of hydrogen-bond acceptors (Lipinski definition) is 4. The van der Waals surface area contributed by atoms with Gasteiger partial charge >= 0.3 is 0 Å². The molecule has 1 aromatic carbocycles. The Labute approximate surface area is 122 Å². The molecule has 1 aromatic heterocycles. The van der Waals surface area contributed by atoms with Crippen LogP contribution in [0.2, 0.25) is 0 Å². The summed E-state index contributed by atoms with van der Waals surface area (Å²) in [5.41, 5.74) is 8.15. The van der Waals surface area contributed by atoms with Crippen LogP contribution in [0.4, 0.5) is 0 Å². The van der Waals surface area contributed by atoms with Crippen LogP contribution in [0.5, 0.6) is 0 Å². The number of thioether (sulfide) groups is 1. The predicted molar refractivity (Wildman–Crippen MR) is 80.5 cm³/mol. The molecule has 1 heterocycles. The molecule has 0 aliphatic carbocycles. The van der Waals surface area contributed by atoms with Crippen LogP contribution in [0, 0.1) is 0 Å². The summed E-state index contributed by atoms with van der Waals surface area (Å²) in [5.74, 6) is -0.0968. The van der Waals surface area contributed by atoms with Gasteiger partial charge in [-0.25, -0.2) is 4.98 Å². The van der Waals surface area contributed by atoms with Crippen molar-refractivity contribution in [3.05, 3.63) is 47.3 Å². The van der Waals surface area contributed by atoms with E-state index in [4.69, 9.17) is 5.73 Å². The van der Waals surface area contributed by atoms with Crippen LogP contribution >= 0.6 is 11.8 Å². The zero-order chi connectivity index (χ0) is 14.5. The first-order chi connectivity index (χ1) is 9.65. The molecule has 0 aliphatic heterocycles. The van der Waals surface area contributed by atoms with Gasteiger partial charge in [-0.15, -0.1) is 0 Å². The summed E-state index contributed by atoms with van der Waals surface area (Å²) in [4.78, 5) is 16.3. The fraction of sp³-hybridized carbons (Fsp3) is 0.286. The number of nitrogens with two attached hydrogens (primary N) is 1. The highest BCUT2D eigenvalue weighted by Crippen LogP contribution is 2.13. The maximum atomic E-state index is 12.0. The molecule has 6 heteroatoms. The smallest absolute Gasteiger partial charge is 0.251 e. The molecule has 0 spiro atoms. The number of carbonyl (C=O) groups excluding carboxylic acids is 1. The van der Waals surface area contributed by atoms with Crippen LogP contribution in [0.3, 0.4) is 0 Å². The van der Waals surface area contributed by atoms with Gasteiger partial charge in [0.25, 0.3) is 5.91 Å². The van der Waals surface area contributed by atoms with Gasteiger partial charge in [-0.05, 0) is 24.0 Å². The minimum Gasteiger partial charge on any atom is -0.346 e. The molecule has 5 nitrogen and oxygen atoms in total. The standard InChI is InChI=1S/C14H18N4OS/c1-18-12(9-17-14(18)20-2)8-16-13(19)11-5-3-10(7-15)4-6-11/h3-6,9H,7-8,15H2,1-2H3,(H,16,19). The molecule has 0 fully saturated rings. The van der Waals surface area contributed by atoms with E-state index in [1.54, 1.807) is 30.1 Å². The molecule has 2 aromatic rings. The summed E-state index contributed by atoms with van der Waals surface area (Å²) in [7, 11) is 1.94. The van der Waals surface area contributed by atoms with Crippen LogP contribution in [0.1, 0.15) is 21.6 Å². The van der Waals surface area contributed by atoms with Crippen molar-refractivity contribution in [1.82, 2.24) is 14.9 Å². The van der Waals surface area contributed by atoms with Crippen molar-refractivity contribution in [2.45, 2.75) is 18.2 Å². The third kappa shape index (κ3) is 3.20. The van der Waals surface area contributed by atoms with E-state index >= 15 is 0 Å². The fourth-order valence-electron chi connectivity index (χ4n) is 1.84. The minimum atomic E-state index is -0.0968. The molecule has 0 unspecified atom stereocenters. The summed E-state index contributed by atoms with van der Waals surface area (Å²) in [6.07, 6.45) is 3.76. The second kappa shape index (κ2) is 6.58. The third-order valence-corrected chi connectivity index (χ3v) is 3.85. The Morgan fingerprint density at radius 3 is 2.65 bits per heavy atom. The van der Waals surface area contributed by atoms with Gasteiger partial charge in [-0.1, -0.05) is 23.9 Å². The number of nitrogens with zero attached hydrogens (tertiary/aromatic N) is 2. The first-order valence-corrected chi connectivity index (χ1v) is 7.50. The minimum absolute atomic E-state index is 0.0968. The molecule has 0 aliphatic rings. The van der Waals surface area contributed by atoms with Gasteiger partial charge in [0.1, 0.15) is 0 Å². The fourth-order valence-corrected chi connectivity index (χ4v) is 2.39. The molecule has 0 saturated heterocycles. The Bertz CT molecular complexity index is 592. The van der Waals surface area contributed by atoms with E-state index in [1.807, 2.05) is 30.0 Å². The van der Waals surface area contributed by atoms with Crippen molar-refractivity contribution in [2.75, 3.05) is 6.26 Å². The Balaban J connectivity index is 1.98. The SMILES string of the molecule is CSc1ncc(CNC(=O)c2ccc(CN)cc2)n1C. The Kier molecular flexibility index (Phi) is 4.81. The Hall–Kier alpha value is -1.79. The second-order valence-corrected chi connectivity index (χ2v) is 5.15. The van der Waals surface area contributed by atoms with E-state index in [1.165, 1.54) is 0 Å². The lowest BCUT2D eigenvalue weighted by Gasteiger charge is -2.07. The highest BCUT2D eigenvalue weighted by molar-refractivity contribution is 7.98. The quantitative estimate of drug-likeness (QED) is 0.819. The van der Waals surface area contributed by atoms with Gasteiger partial charge in [0, 0.05) is 19.2 Å². The monoisotopic (exact) mass is 290 g/mol. The zero-order valence-corrected chi connectivity index (χ0v) is 12.4. The van der Waals surface area contributed by atoms with Gasteiger partial charge < -0.3 is 15.6 Å². The van der Waals surface area contributed by atoms with Gasteiger partial charge in [0.15, 0.2) is 5.16 Å². The summed E-state index contributed by atoms with van der Waals surface area (Å²) in [5, 5.41) is 3.82. The van der Waals surface area contributed by atoms with Crippen molar-refractivity contribution < 1.29 is 4.79 Å². The van der Waals surface area contributed by atoms with E-state index < -0.39 is 0 Å². The molecule has 0 atom stereocenters.